The van der Waals surface area contributed by atoms with E-state index in [1.807, 2.05) is 0 Å². The molecule has 0 unspecified atom stereocenters. The summed E-state index contributed by atoms with van der Waals surface area (Å²) in [4.78, 5) is 3.09. The molecule has 1 heterocycles. The molecule has 2 rings (SSSR count). The lowest BCUT2D eigenvalue weighted by atomic mass is 10.4. The van der Waals surface area contributed by atoms with Gasteiger partial charge in [-0.2, -0.15) is 10.1 Å². The predicted octanol–water partition coefficient (Wildman–Crippen LogP) is 0.662. The Hall–Kier alpha value is -1.65. The average molecular weight is 337 g/mol. The minimum absolute atomic E-state index is 0.106. The number of nitrogens with one attached hydrogen (secondary N) is 2. The van der Waals surface area contributed by atoms with Gasteiger partial charge in [-0.3, -0.25) is 0 Å². The summed E-state index contributed by atoms with van der Waals surface area (Å²) in [6, 6.07) is 3.41. The van der Waals surface area contributed by atoms with Gasteiger partial charge in [-0.1, -0.05) is 11.6 Å². The molecule has 11 heteroatoms. The Labute approximate surface area is 120 Å². The Bertz CT molecular complexity index is 831. The number of aromatic amines is 1. The van der Waals surface area contributed by atoms with E-state index in [9.17, 15) is 16.8 Å². The van der Waals surface area contributed by atoms with Crippen molar-refractivity contribution in [2.75, 3.05) is 11.0 Å². The number of hydrogen-bond donors (Lipinski definition) is 2. The second kappa shape index (κ2) is 5.04. The standard InChI is InChI=1S/C9H9ClN4O4S2/c1-19(15,16)6-2-3-7(10)8(4-6)20(17,18)14-9-11-5-12-13-9/h2-5H,1H3,(H2,11,12,13,14). The number of anilines is 1. The number of nitrogens with zero attached hydrogens (tertiary/aromatic N) is 2. The zero-order valence-electron chi connectivity index (χ0n) is 10.0. The molecular formula is C9H9ClN4O4S2. The monoisotopic (exact) mass is 336 g/mol. The van der Waals surface area contributed by atoms with E-state index in [0.717, 1.165) is 18.6 Å². The SMILES string of the molecule is CS(=O)(=O)c1ccc(Cl)c(S(=O)(=O)Nc2ncn[nH]2)c1. The van der Waals surface area contributed by atoms with Crippen molar-refractivity contribution in [3.8, 4) is 0 Å². The number of rotatable bonds is 4. The van der Waals surface area contributed by atoms with Crippen LogP contribution in [0.15, 0.2) is 34.3 Å². The van der Waals surface area contributed by atoms with E-state index >= 15 is 0 Å². The highest BCUT2D eigenvalue weighted by Gasteiger charge is 2.21. The molecule has 1 aromatic carbocycles. The average Bonchev–Trinajstić information content (AvgIpc) is 2.79. The summed E-state index contributed by atoms with van der Waals surface area (Å²) in [7, 11) is -7.63. The van der Waals surface area contributed by atoms with Crippen LogP contribution in [-0.2, 0) is 19.9 Å². The highest BCUT2D eigenvalue weighted by atomic mass is 35.5. The fourth-order valence-electron chi connectivity index (χ4n) is 1.36. The number of halogens is 1. The van der Waals surface area contributed by atoms with E-state index in [2.05, 4.69) is 19.9 Å². The molecule has 2 N–H and O–H groups in total. The maximum absolute atomic E-state index is 12.1. The van der Waals surface area contributed by atoms with Crippen molar-refractivity contribution < 1.29 is 16.8 Å². The zero-order valence-corrected chi connectivity index (χ0v) is 12.4. The third-order valence-corrected chi connectivity index (χ3v) is 5.20. The Balaban J connectivity index is 2.51. The van der Waals surface area contributed by atoms with Crippen LogP contribution in [0.2, 0.25) is 5.02 Å². The molecule has 0 aliphatic rings. The Morgan fingerprint density at radius 2 is 1.95 bits per heavy atom. The van der Waals surface area contributed by atoms with Gasteiger partial charge in [-0.25, -0.2) is 26.7 Å². The van der Waals surface area contributed by atoms with Gasteiger partial charge in [0.2, 0.25) is 5.95 Å². The molecule has 0 saturated carbocycles. The van der Waals surface area contributed by atoms with Gasteiger partial charge in [0.05, 0.1) is 9.92 Å². The highest BCUT2D eigenvalue weighted by Crippen LogP contribution is 2.25. The van der Waals surface area contributed by atoms with Gasteiger partial charge in [-0.15, -0.1) is 0 Å². The first-order valence-corrected chi connectivity index (χ1v) is 8.83. The molecule has 2 aromatic rings. The number of aromatic nitrogens is 3. The van der Waals surface area contributed by atoms with Gasteiger partial charge >= 0.3 is 0 Å². The number of sulfone groups is 1. The summed E-state index contributed by atoms with van der Waals surface area (Å²) in [6.45, 7) is 0. The minimum Gasteiger partial charge on any atom is -0.248 e. The van der Waals surface area contributed by atoms with E-state index in [0.29, 0.717) is 0 Å². The van der Waals surface area contributed by atoms with Gasteiger partial charge in [0.1, 0.15) is 11.2 Å². The van der Waals surface area contributed by atoms with Crippen molar-refractivity contribution in [2.24, 2.45) is 0 Å². The van der Waals surface area contributed by atoms with E-state index in [-0.39, 0.29) is 20.8 Å². The van der Waals surface area contributed by atoms with Crippen LogP contribution in [0.5, 0.6) is 0 Å². The molecule has 108 valence electrons. The first-order chi connectivity index (χ1) is 9.20. The van der Waals surface area contributed by atoms with Gasteiger partial charge in [0.25, 0.3) is 10.0 Å². The first kappa shape index (κ1) is 14.8. The van der Waals surface area contributed by atoms with Gasteiger partial charge in [0.15, 0.2) is 9.84 Å². The maximum Gasteiger partial charge on any atom is 0.265 e. The number of hydrogen-bond acceptors (Lipinski definition) is 6. The van der Waals surface area contributed by atoms with Gasteiger partial charge in [0, 0.05) is 6.26 Å². The molecule has 0 atom stereocenters. The van der Waals surface area contributed by atoms with Gasteiger partial charge in [-0.05, 0) is 18.2 Å². The fraction of sp³-hybridized carbons (Fsp3) is 0.111. The molecule has 0 spiro atoms. The van der Waals surface area contributed by atoms with Crippen LogP contribution in [0.4, 0.5) is 5.95 Å². The second-order valence-corrected chi connectivity index (χ2v) is 7.88. The van der Waals surface area contributed by atoms with E-state index in [4.69, 9.17) is 11.6 Å². The van der Waals surface area contributed by atoms with Crippen molar-refractivity contribution in [1.82, 2.24) is 15.2 Å². The lowest BCUT2D eigenvalue weighted by molar-refractivity contribution is 0.599. The molecule has 0 aliphatic heterocycles. The van der Waals surface area contributed by atoms with Crippen LogP contribution in [0.25, 0.3) is 0 Å². The molecule has 0 aliphatic carbocycles. The predicted molar refractivity (Wildman–Crippen MR) is 71.8 cm³/mol. The summed E-state index contributed by atoms with van der Waals surface area (Å²) in [6.07, 6.45) is 2.09. The maximum atomic E-state index is 12.1. The van der Waals surface area contributed by atoms with Crippen LogP contribution < -0.4 is 4.72 Å². The molecule has 0 radical (unpaired) electrons. The molecule has 0 fully saturated rings. The quantitative estimate of drug-likeness (QED) is 0.845. The number of sulfonamides is 1. The highest BCUT2D eigenvalue weighted by molar-refractivity contribution is 7.93. The van der Waals surface area contributed by atoms with Crippen LogP contribution in [0.3, 0.4) is 0 Å². The van der Waals surface area contributed by atoms with Crippen LogP contribution in [0.1, 0.15) is 0 Å². The third kappa shape index (κ3) is 3.08. The lowest BCUT2D eigenvalue weighted by Gasteiger charge is -2.08. The van der Waals surface area contributed by atoms with E-state index in [1.54, 1.807) is 0 Å². The van der Waals surface area contributed by atoms with Crippen LogP contribution in [-0.4, -0.2) is 38.3 Å². The van der Waals surface area contributed by atoms with Crippen molar-refractivity contribution >= 4 is 37.4 Å². The topological polar surface area (TPSA) is 122 Å². The van der Waals surface area contributed by atoms with Crippen LogP contribution >= 0.6 is 11.6 Å². The molecular weight excluding hydrogens is 328 g/mol. The van der Waals surface area contributed by atoms with Crippen molar-refractivity contribution in [3.05, 3.63) is 29.5 Å². The zero-order chi connectivity index (χ0) is 15.0. The molecule has 0 bridgehead atoms. The number of H-pyrrole nitrogens is 1. The smallest absolute Gasteiger partial charge is 0.248 e. The lowest BCUT2D eigenvalue weighted by Crippen LogP contribution is -2.15. The summed E-state index contributed by atoms with van der Waals surface area (Å²) in [5, 5.41) is 5.69. The summed E-state index contributed by atoms with van der Waals surface area (Å²) >= 11 is 5.81. The molecule has 20 heavy (non-hydrogen) atoms. The first-order valence-electron chi connectivity index (χ1n) is 5.08. The van der Waals surface area contributed by atoms with Crippen molar-refractivity contribution in [1.29, 1.82) is 0 Å². The molecule has 8 nitrogen and oxygen atoms in total. The molecule has 1 aromatic heterocycles. The van der Waals surface area contributed by atoms with Crippen LogP contribution in [0, 0.1) is 0 Å². The van der Waals surface area contributed by atoms with E-state index in [1.165, 1.54) is 12.1 Å². The second-order valence-electron chi connectivity index (χ2n) is 3.80. The summed E-state index contributed by atoms with van der Waals surface area (Å²) in [5.74, 6) is -0.106. The summed E-state index contributed by atoms with van der Waals surface area (Å²) < 4.78 is 49.2. The summed E-state index contributed by atoms with van der Waals surface area (Å²) in [5.41, 5.74) is 0. The molecule has 0 saturated heterocycles. The van der Waals surface area contributed by atoms with Crippen molar-refractivity contribution in [2.45, 2.75) is 9.79 Å². The third-order valence-electron chi connectivity index (χ3n) is 2.27. The van der Waals surface area contributed by atoms with Gasteiger partial charge < -0.3 is 0 Å². The normalized spacial score (nSPS) is 12.3. The Kier molecular flexibility index (Phi) is 3.71. The fourth-order valence-corrected chi connectivity index (χ4v) is 3.57. The largest absolute Gasteiger partial charge is 0.265 e. The van der Waals surface area contributed by atoms with E-state index < -0.39 is 19.9 Å². The Morgan fingerprint density at radius 1 is 1.25 bits per heavy atom. The Morgan fingerprint density at radius 3 is 2.50 bits per heavy atom. The minimum atomic E-state index is -4.08. The molecule has 0 amide bonds. The van der Waals surface area contributed by atoms with Crippen molar-refractivity contribution in [3.63, 3.8) is 0 Å². The number of benzene rings is 1.